The fraction of sp³-hybridized carbons (Fsp3) is 0.263. The zero-order valence-corrected chi connectivity index (χ0v) is 28.5. The van der Waals surface area contributed by atoms with Crippen molar-refractivity contribution in [2.75, 3.05) is 12.9 Å². The summed E-state index contributed by atoms with van der Waals surface area (Å²) in [7, 11) is -2.26. The number of benzene rings is 4. The fourth-order valence-corrected chi connectivity index (χ4v) is 7.49. The fourth-order valence-electron chi connectivity index (χ4n) is 6.20. The molecule has 0 spiro atoms. The summed E-state index contributed by atoms with van der Waals surface area (Å²) in [5.74, 6) is 1.66. The van der Waals surface area contributed by atoms with Crippen molar-refractivity contribution >= 4 is 9.84 Å². The first-order valence-electron chi connectivity index (χ1n) is 16.5. The number of nitrogens with zero attached hydrogens (tertiary/aromatic N) is 5. The van der Waals surface area contributed by atoms with Gasteiger partial charge >= 0.3 is 0 Å². The van der Waals surface area contributed by atoms with Crippen LogP contribution in [0.1, 0.15) is 37.5 Å². The Hall–Kier alpha value is -5.17. The van der Waals surface area contributed by atoms with Gasteiger partial charge in [-0.05, 0) is 47.5 Å². The minimum absolute atomic E-state index is 0.151. The highest BCUT2D eigenvalue weighted by atomic mass is 32.2. The highest BCUT2D eigenvalue weighted by Crippen LogP contribution is 2.38. The van der Waals surface area contributed by atoms with Crippen LogP contribution in [0.4, 0.5) is 0 Å². The van der Waals surface area contributed by atoms with Gasteiger partial charge in [-0.25, -0.2) is 13.4 Å². The van der Waals surface area contributed by atoms with Crippen LogP contribution in [-0.4, -0.2) is 58.7 Å². The first kappa shape index (κ1) is 33.3. The van der Waals surface area contributed by atoms with Crippen molar-refractivity contribution in [2.24, 2.45) is 5.92 Å². The smallest absolute Gasteiger partial charge is 0.272 e. The first-order chi connectivity index (χ1) is 24.4. The molecule has 7 rings (SSSR count). The number of aryl methyl sites for hydroxylation is 1. The minimum atomic E-state index is -3.87. The van der Waals surface area contributed by atoms with Crippen molar-refractivity contribution in [1.82, 2.24) is 25.2 Å². The maximum absolute atomic E-state index is 13.6. The third-order valence-electron chi connectivity index (χ3n) is 8.95. The van der Waals surface area contributed by atoms with Gasteiger partial charge in [-0.1, -0.05) is 103 Å². The lowest BCUT2D eigenvalue weighted by molar-refractivity contribution is -0.272. The van der Waals surface area contributed by atoms with Gasteiger partial charge < -0.3 is 18.6 Å². The second-order valence-electron chi connectivity index (χ2n) is 12.2. The van der Waals surface area contributed by atoms with E-state index in [0.29, 0.717) is 35.9 Å². The monoisotopic (exact) mass is 691 g/mol. The van der Waals surface area contributed by atoms with E-state index in [0.717, 1.165) is 22.4 Å². The highest BCUT2D eigenvalue weighted by Gasteiger charge is 2.39. The molecule has 11 nitrogen and oxygen atoms in total. The molecule has 0 saturated carbocycles. The lowest BCUT2D eigenvalue weighted by Gasteiger charge is -2.41. The van der Waals surface area contributed by atoms with Crippen LogP contribution in [0.2, 0.25) is 0 Å². The van der Waals surface area contributed by atoms with Crippen LogP contribution in [0, 0.1) is 5.92 Å². The molecule has 2 aromatic heterocycles. The van der Waals surface area contributed by atoms with Gasteiger partial charge in [-0.3, -0.25) is 0 Å². The summed E-state index contributed by atoms with van der Waals surface area (Å²) in [6.45, 7) is 2.03. The summed E-state index contributed by atoms with van der Waals surface area (Å²) >= 11 is 0. The van der Waals surface area contributed by atoms with Gasteiger partial charge in [0.2, 0.25) is 9.84 Å². The van der Waals surface area contributed by atoms with Crippen LogP contribution in [-0.2, 0) is 25.7 Å². The SMILES string of the molecule is COc1ccc([C@H]2O[C@@H](CCS(=O)(=O)c3nnnn3-c3ccccc3)[C@H](C)[C@@H](CCc3nc(-c4ccccc4)c(-c4ccccc4)o3)O2)cc1. The van der Waals surface area contributed by atoms with Gasteiger partial charge in [0.1, 0.15) is 11.4 Å². The van der Waals surface area contributed by atoms with Gasteiger partial charge in [0.05, 0.1) is 30.8 Å². The second kappa shape index (κ2) is 14.8. The van der Waals surface area contributed by atoms with E-state index in [4.69, 9.17) is 23.6 Å². The number of oxazole rings is 1. The normalized spacial score (nSPS) is 19.3. The zero-order valence-electron chi connectivity index (χ0n) is 27.7. The van der Waals surface area contributed by atoms with Crippen LogP contribution >= 0.6 is 0 Å². The molecule has 0 unspecified atom stereocenters. The van der Waals surface area contributed by atoms with E-state index < -0.39 is 22.2 Å². The Balaban J connectivity index is 1.13. The summed E-state index contributed by atoms with van der Waals surface area (Å²) in [5, 5.41) is 11.3. The topological polar surface area (TPSA) is 131 Å². The number of tetrazole rings is 1. The van der Waals surface area contributed by atoms with E-state index >= 15 is 0 Å². The van der Waals surface area contributed by atoms with Crippen molar-refractivity contribution in [1.29, 1.82) is 0 Å². The number of aromatic nitrogens is 5. The molecule has 12 heteroatoms. The molecular formula is C38H37N5O6S. The lowest BCUT2D eigenvalue weighted by Crippen LogP contribution is -2.42. The van der Waals surface area contributed by atoms with Gasteiger partial charge in [0.15, 0.2) is 17.9 Å². The molecule has 1 aliphatic rings. The summed E-state index contributed by atoms with van der Waals surface area (Å²) in [5.41, 5.74) is 4.06. The molecule has 0 bridgehead atoms. The molecular weight excluding hydrogens is 655 g/mol. The molecule has 50 heavy (non-hydrogen) atoms. The van der Waals surface area contributed by atoms with Crippen LogP contribution in [0.25, 0.3) is 28.3 Å². The largest absolute Gasteiger partial charge is 0.497 e. The van der Waals surface area contributed by atoms with Gasteiger partial charge in [0.25, 0.3) is 5.16 Å². The average molecular weight is 692 g/mol. The number of rotatable bonds is 12. The maximum Gasteiger partial charge on any atom is 0.272 e. The number of hydrogen-bond acceptors (Lipinski definition) is 10. The summed E-state index contributed by atoms with van der Waals surface area (Å²) in [6.07, 6.45) is -0.142. The number of ether oxygens (including phenoxy) is 3. The molecule has 256 valence electrons. The van der Waals surface area contributed by atoms with Crippen LogP contribution < -0.4 is 4.74 Å². The molecule has 0 radical (unpaired) electrons. The summed E-state index contributed by atoms with van der Waals surface area (Å²) in [4.78, 5) is 4.94. The average Bonchev–Trinajstić information content (AvgIpc) is 3.84. The van der Waals surface area contributed by atoms with Crippen molar-refractivity contribution in [3.8, 4) is 34.0 Å². The Morgan fingerprint density at radius 2 is 1.40 bits per heavy atom. The Morgan fingerprint density at radius 1 is 0.780 bits per heavy atom. The van der Waals surface area contributed by atoms with E-state index in [9.17, 15) is 8.42 Å². The molecule has 1 fully saturated rings. The van der Waals surface area contributed by atoms with Crippen LogP contribution in [0.15, 0.2) is 125 Å². The van der Waals surface area contributed by atoms with Crippen LogP contribution in [0.5, 0.6) is 5.75 Å². The van der Waals surface area contributed by atoms with E-state index in [1.54, 1.807) is 31.4 Å². The highest BCUT2D eigenvalue weighted by molar-refractivity contribution is 7.91. The Labute approximate surface area is 290 Å². The van der Waals surface area contributed by atoms with Crippen molar-refractivity contribution in [3.05, 3.63) is 127 Å². The number of sulfone groups is 1. The molecule has 4 aromatic carbocycles. The molecule has 0 amide bonds. The van der Waals surface area contributed by atoms with Crippen molar-refractivity contribution in [2.45, 2.75) is 49.8 Å². The zero-order chi connectivity index (χ0) is 34.5. The third kappa shape index (κ3) is 7.23. The molecule has 6 aromatic rings. The molecule has 0 N–H and O–H groups in total. The quantitative estimate of drug-likeness (QED) is 0.133. The molecule has 3 heterocycles. The molecule has 4 atom stereocenters. The number of methoxy groups -OCH3 is 1. The van der Waals surface area contributed by atoms with E-state index in [-0.39, 0.29) is 29.4 Å². The van der Waals surface area contributed by atoms with Crippen LogP contribution in [0.3, 0.4) is 0 Å². The first-order valence-corrected chi connectivity index (χ1v) is 18.2. The predicted octanol–water partition coefficient (Wildman–Crippen LogP) is 6.91. The lowest BCUT2D eigenvalue weighted by atomic mass is 9.91. The van der Waals surface area contributed by atoms with Gasteiger partial charge in [0, 0.05) is 29.0 Å². The molecule has 0 aliphatic carbocycles. The van der Waals surface area contributed by atoms with Gasteiger partial charge in [-0.15, -0.1) is 0 Å². The van der Waals surface area contributed by atoms with E-state index in [2.05, 4.69) is 15.5 Å². The third-order valence-corrected chi connectivity index (χ3v) is 10.5. The second-order valence-corrected chi connectivity index (χ2v) is 14.2. The standard InChI is InChI=1S/C38H37N5O6S/c1-26-32(22-23-34-39-35(27-12-6-3-7-13-27)36(49-34)28-14-8-4-9-15-28)47-37(29-18-20-31(46-2)21-19-29)48-33(26)24-25-50(44,45)38-40-41-42-43(38)30-16-10-5-11-17-30/h3-21,26,32-33,37H,22-25H2,1-2H3/t26-,32-,33+,37-/m1/s1. The maximum atomic E-state index is 13.6. The number of para-hydroxylation sites is 1. The Kier molecular flexibility index (Phi) is 9.83. The predicted molar refractivity (Wildman–Crippen MR) is 186 cm³/mol. The van der Waals surface area contributed by atoms with Crippen molar-refractivity contribution < 1.29 is 27.0 Å². The van der Waals surface area contributed by atoms with E-state index in [1.165, 1.54) is 4.68 Å². The van der Waals surface area contributed by atoms with E-state index in [1.807, 2.05) is 97.9 Å². The Morgan fingerprint density at radius 3 is 2.06 bits per heavy atom. The Bertz CT molecular complexity index is 2050. The molecule has 1 saturated heterocycles. The number of hydrogen-bond donors (Lipinski definition) is 0. The van der Waals surface area contributed by atoms with Crippen molar-refractivity contribution in [3.63, 3.8) is 0 Å². The van der Waals surface area contributed by atoms with Gasteiger partial charge in [-0.2, -0.15) is 4.68 Å². The summed E-state index contributed by atoms with van der Waals surface area (Å²) in [6, 6.07) is 36.4. The summed E-state index contributed by atoms with van der Waals surface area (Å²) < 4.78 is 53.3. The minimum Gasteiger partial charge on any atom is -0.497 e. The molecule has 1 aliphatic heterocycles.